The van der Waals surface area contributed by atoms with Gasteiger partial charge in [0.1, 0.15) is 5.01 Å². The molecule has 0 radical (unpaired) electrons. The third kappa shape index (κ3) is 6.12. The number of thiazole rings is 1. The molecule has 0 aliphatic carbocycles. The van der Waals surface area contributed by atoms with Crippen LogP contribution in [0.15, 0.2) is 22.0 Å². The highest BCUT2D eigenvalue weighted by atomic mass is 32.1. The number of nitrogens with one attached hydrogen (secondary N) is 2. The van der Waals surface area contributed by atoms with Crippen LogP contribution < -0.4 is 10.6 Å². The smallest absolute Gasteiger partial charge is 0.377 e. The van der Waals surface area contributed by atoms with Crippen molar-refractivity contribution in [2.45, 2.75) is 32.5 Å². The summed E-state index contributed by atoms with van der Waals surface area (Å²) in [5, 5.41) is 7.62. The van der Waals surface area contributed by atoms with Gasteiger partial charge in [0.25, 0.3) is 0 Å². The number of alkyl halides is 3. The maximum atomic E-state index is 12.5. The van der Waals surface area contributed by atoms with Crippen molar-refractivity contribution >= 4 is 17.3 Å². The highest BCUT2D eigenvalue weighted by molar-refractivity contribution is 7.09. The van der Waals surface area contributed by atoms with Crippen LogP contribution in [-0.4, -0.2) is 37.2 Å². The van der Waals surface area contributed by atoms with Crippen molar-refractivity contribution in [2.24, 2.45) is 4.99 Å². The van der Waals surface area contributed by atoms with Gasteiger partial charge < -0.3 is 15.4 Å². The molecule has 9 heteroatoms. The molecule has 0 saturated carbocycles. The standard InChI is InChI=1S/C15H21F3N4OS/c1-2-19-14(20-6-3-11-4-7-23-8-5-11)21-9-13-22-12(10-24-13)15(16,17)18/h4,10H,2-3,5-9H2,1H3,(H2,19,20,21). The van der Waals surface area contributed by atoms with Gasteiger partial charge in [-0.3, -0.25) is 0 Å². The zero-order valence-electron chi connectivity index (χ0n) is 13.4. The summed E-state index contributed by atoms with van der Waals surface area (Å²) in [6, 6.07) is 0. The zero-order chi connectivity index (χ0) is 17.4. The summed E-state index contributed by atoms with van der Waals surface area (Å²) in [7, 11) is 0. The first-order valence-electron chi connectivity index (χ1n) is 7.78. The van der Waals surface area contributed by atoms with Gasteiger partial charge in [0.2, 0.25) is 0 Å². The van der Waals surface area contributed by atoms with E-state index in [9.17, 15) is 13.2 Å². The van der Waals surface area contributed by atoms with Crippen molar-refractivity contribution in [3.05, 3.63) is 27.7 Å². The molecule has 1 aliphatic rings. The van der Waals surface area contributed by atoms with Crippen LogP contribution in [0.5, 0.6) is 0 Å². The number of halogens is 3. The van der Waals surface area contributed by atoms with Gasteiger partial charge in [-0.25, -0.2) is 9.98 Å². The van der Waals surface area contributed by atoms with E-state index in [-0.39, 0.29) is 6.54 Å². The Morgan fingerprint density at radius 3 is 2.88 bits per heavy atom. The lowest BCUT2D eigenvalue weighted by Gasteiger charge is -2.15. The van der Waals surface area contributed by atoms with Crippen molar-refractivity contribution in [2.75, 3.05) is 26.3 Å². The predicted octanol–water partition coefficient (Wildman–Crippen LogP) is 2.95. The molecule has 0 aromatic carbocycles. The number of hydrogen-bond donors (Lipinski definition) is 2. The number of rotatable bonds is 6. The van der Waals surface area contributed by atoms with Crippen LogP contribution in [0.25, 0.3) is 0 Å². The fourth-order valence-corrected chi connectivity index (χ4v) is 2.86. The largest absolute Gasteiger partial charge is 0.434 e. The summed E-state index contributed by atoms with van der Waals surface area (Å²) < 4.78 is 42.9. The van der Waals surface area contributed by atoms with Crippen LogP contribution in [0.1, 0.15) is 30.5 Å². The molecule has 2 rings (SSSR count). The van der Waals surface area contributed by atoms with Crippen molar-refractivity contribution in [1.29, 1.82) is 0 Å². The summed E-state index contributed by atoms with van der Waals surface area (Å²) >= 11 is 0.966. The minimum Gasteiger partial charge on any atom is -0.377 e. The van der Waals surface area contributed by atoms with Gasteiger partial charge in [-0.05, 0) is 19.8 Å². The monoisotopic (exact) mass is 362 g/mol. The molecule has 0 unspecified atom stereocenters. The first-order chi connectivity index (χ1) is 11.5. The molecule has 0 amide bonds. The molecule has 2 heterocycles. The Labute approximate surface area is 143 Å². The van der Waals surface area contributed by atoms with Crippen molar-refractivity contribution in [1.82, 2.24) is 15.6 Å². The van der Waals surface area contributed by atoms with Crippen molar-refractivity contribution in [3.8, 4) is 0 Å². The summed E-state index contributed by atoms with van der Waals surface area (Å²) in [4.78, 5) is 7.87. The second-order valence-electron chi connectivity index (χ2n) is 5.18. The van der Waals surface area contributed by atoms with E-state index in [4.69, 9.17) is 4.74 Å². The van der Waals surface area contributed by atoms with E-state index >= 15 is 0 Å². The number of ether oxygens (including phenoxy) is 1. The highest BCUT2D eigenvalue weighted by Gasteiger charge is 2.33. The van der Waals surface area contributed by atoms with Crippen LogP contribution in [0.3, 0.4) is 0 Å². The Bertz CT molecular complexity index is 584. The lowest BCUT2D eigenvalue weighted by atomic mass is 10.1. The first kappa shape index (κ1) is 18.7. The van der Waals surface area contributed by atoms with E-state index < -0.39 is 11.9 Å². The van der Waals surface area contributed by atoms with Gasteiger partial charge in [-0.15, -0.1) is 11.3 Å². The average molecular weight is 362 g/mol. The Morgan fingerprint density at radius 2 is 2.25 bits per heavy atom. The van der Waals surface area contributed by atoms with Crippen LogP contribution in [0.2, 0.25) is 0 Å². The van der Waals surface area contributed by atoms with E-state index in [0.29, 0.717) is 30.7 Å². The molecule has 1 aromatic rings. The van der Waals surface area contributed by atoms with Gasteiger partial charge >= 0.3 is 6.18 Å². The van der Waals surface area contributed by atoms with Gasteiger partial charge in [-0.2, -0.15) is 13.2 Å². The maximum Gasteiger partial charge on any atom is 0.434 e. The molecule has 24 heavy (non-hydrogen) atoms. The lowest BCUT2D eigenvalue weighted by molar-refractivity contribution is -0.140. The molecular formula is C15H21F3N4OS. The third-order valence-corrected chi connectivity index (χ3v) is 4.19. The summed E-state index contributed by atoms with van der Waals surface area (Å²) in [6.45, 7) is 4.86. The summed E-state index contributed by atoms with van der Waals surface area (Å²) in [5.74, 6) is 0.578. The Hall–Kier alpha value is -1.61. The van der Waals surface area contributed by atoms with Gasteiger partial charge in [0, 0.05) is 18.5 Å². The third-order valence-electron chi connectivity index (χ3n) is 3.35. The topological polar surface area (TPSA) is 58.5 Å². The van der Waals surface area contributed by atoms with Gasteiger partial charge in [0.05, 0.1) is 19.8 Å². The molecule has 0 fully saturated rings. The number of aliphatic imine (C=N–C) groups is 1. The Balaban J connectivity index is 1.85. The van der Waals surface area contributed by atoms with Crippen LogP contribution in [-0.2, 0) is 17.5 Å². The van der Waals surface area contributed by atoms with Crippen LogP contribution in [0.4, 0.5) is 13.2 Å². The molecule has 1 aliphatic heterocycles. The zero-order valence-corrected chi connectivity index (χ0v) is 14.3. The first-order valence-corrected chi connectivity index (χ1v) is 8.66. The second kappa shape index (κ2) is 9.03. The fraction of sp³-hybridized carbons (Fsp3) is 0.600. The van der Waals surface area contributed by atoms with Gasteiger partial charge in [-0.1, -0.05) is 11.6 Å². The number of nitrogens with zero attached hydrogens (tertiary/aromatic N) is 2. The average Bonchev–Trinajstić information content (AvgIpc) is 3.03. The van der Waals surface area contributed by atoms with Crippen molar-refractivity contribution in [3.63, 3.8) is 0 Å². The highest BCUT2D eigenvalue weighted by Crippen LogP contribution is 2.30. The molecule has 0 saturated heterocycles. The van der Waals surface area contributed by atoms with E-state index in [1.165, 1.54) is 5.57 Å². The van der Waals surface area contributed by atoms with E-state index in [1.54, 1.807) is 0 Å². The molecule has 134 valence electrons. The summed E-state index contributed by atoms with van der Waals surface area (Å²) in [5.41, 5.74) is 0.487. The molecule has 0 spiro atoms. The summed E-state index contributed by atoms with van der Waals surface area (Å²) in [6.07, 6.45) is -0.486. The normalized spacial score (nSPS) is 16.0. The molecule has 5 nitrogen and oxygen atoms in total. The quantitative estimate of drug-likeness (QED) is 0.464. The van der Waals surface area contributed by atoms with E-state index in [2.05, 4.69) is 26.7 Å². The lowest BCUT2D eigenvalue weighted by Crippen LogP contribution is -2.38. The number of guanidine groups is 1. The van der Waals surface area contributed by atoms with E-state index in [1.807, 2.05) is 6.92 Å². The molecule has 1 aromatic heterocycles. The number of hydrogen-bond acceptors (Lipinski definition) is 4. The van der Waals surface area contributed by atoms with Crippen LogP contribution in [0, 0.1) is 0 Å². The molecule has 0 bridgehead atoms. The second-order valence-corrected chi connectivity index (χ2v) is 6.13. The molecule has 2 N–H and O–H groups in total. The fourth-order valence-electron chi connectivity index (χ4n) is 2.14. The number of aromatic nitrogens is 1. The van der Waals surface area contributed by atoms with E-state index in [0.717, 1.165) is 36.2 Å². The molecule has 0 atom stereocenters. The van der Waals surface area contributed by atoms with Crippen LogP contribution >= 0.6 is 11.3 Å². The minimum atomic E-state index is -4.40. The Morgan fingerprint density at radius 1 is 1.42 bits per heavy atom. The van der Waals surface area contributed by atoms with Gasteiger partial charge in [0.15, 0.2) is 11.7 Å². The Kier molecular flexibility index (Phi) is 7.04. The maximum absolute atomic E-state index is 12.5. The predicted molar refractivity (Wildman–Crippen MR) is 88.1 cm³/mol. The minimum absolute atomic E-state index is 0.118. The van der Waals surface area contributed by atoms with Crippen molar-refractivity contribution < 1.29 is 17.9 Å². The SMILES string of the molecule is CCNC(=NCc1nc(C(F)(F)F)cs1)NCCC1=CCOCC1. The molecular weight excluding hydrogens is 341 g/mol.